The van der Waals surface area contributed by atoms with Gasteiger partial charge in [-0.2, -0.15) is 0 Å². The minimum atomic E-state index is 0.0176. The van der Waals surface area contributed by atoms with Crippen LogP contribution in [0.2, 0.25) is 0 Å². The maximum Gasteiger partial charge on any atom is 0.216 e. The van der Waals surface area contributed by atoms with E-state index in [9.17, 15) is 4.79 Å². The Balaban J connectivity index is 2.00. The molecule has 0 unspecified atom stereocenters. The molecule has 4 heteroatoms. The fourth-order valence-electron chi connectivity index (χ4n) is 1.23. The number of amides is 1. The summed E-state index contributed by atoms with van der Waals surface area (Å²) in [6.07, 6.45) is 4.61. The van der Waals surface area contributed by atoms with Crippen molar-refractivity contribution in [2.75, 3.05) is 19.6 Å². The van der Waals surface area contributed by atoms with Crippen LogP contribution >= 0.6 is 0 Å². The van der Waals surface area contributed by atoms with Crippen molar-refractivity contribution in [1.82, 2.24) is 15.6 Å². The maximum absolute atomic E-state index is 10.6. The molecule has 1 aromatic rings. The van der Waals surface area contributed by atoms with Crippen LogP contribution in [-0.4, -0.2) is 30.5 Å². The van der Waals surface area contributed by atoms with Crippen molar-refractivity contribution in [3.63, 3.8) is 0 Å². The highest BCUT2D eigenvalue weighted by atomic mass is 16.1. The molecule has 0 fully saturated rings. The highest BCUT2D eigenvalue weighted by molar-refractivity contribution is 5.72. The van der Waals surface area contributed by atoms with Gasteiger partial charge >= 0.3 is 0 Å². The lowest BCUT2D eigenvalue weighted by Crippen LogP contribution is -2.31. The SMILES string of the molecule is CC(=O)NCCNCCc1cccnc1. The quantitative estimate of drug-likeness (QED) is 0.662. The lowest BCUT2D eigenvalue weighted by molar-refractivity contribution is -0.118. The van der Waals surface area contributed by atoms with Gasteiger partial charge in [0.05, 0.1) is 0 Å². The third kappa shape index (κ3) is 5.80. The lowest BCUT2D eigenvalue weighted by atomic mass is 10.2. The van der Waals surface area contributed by atoms with Gasteiger partial charge in [-0.05, 0) is 24.6 Å². The van der Waals surface area contributed by atoms with Gasteiger partial charge in [0.1, 0.15) is 0 Å². The largest absolute Gasteiger partial charge is 0.355 e. The minimum Gasteiger partial charge on any atom is -0.355 e. The zero-order valence-corrected chi connectivity index (χ0v) is 8.99. The molecule has 15 heavy (non-hydrogen) atoms. The van der Waals surface area contributed by atoms with Crippen LogP contribution in [0.3, 0.4) is 0 Å². The number of nitrogens with one attached hydrogen (secondary N) is 2. The predicted molar refractivity (Wildman–Crippen MR) is 59.5 cm³/mol. The molecule has 0 saturated heterocycles. The standard InChI is InChI=1S/C11H17N3O/c1-10(15)14-8-7-12-6-4-11-3-2-5-13-9-11/h2-3,5,9,12H,4,6-8H2,1H3,(H,14,15). The van der Waals surface area contributed by atoms with Gasteiger partial charge in [0.25, 0.3) is 0 Å². The third-order valence-electron chi connectivity index (χ3n) is 1.99. The number of rotatable bonds is 6. The Bertz CT molecular complexity index is 287. The second-order valence-electron chi connectivity index (χ2n) is 3.34. The van der Waals surface area contributed by atoms with Crippen LogP contribution < -0.4 is 10.6 Å². The summed E-state index contributed by atoms with van der Waals surface area (Å²) >= 11 is 0. The number of aromatic nitrogens is 1. The third-order valence-corrected chi connectivity index (χ3v) is 1.99. The van der Waals surface area contributed by atoms with E-state index >= 15 is 0 Å². The summed E-state index contributed by atoms with van der Waals surface area (Å²) in [5, 5.41) is 5.98. The van der Waals surface area contributed by atoms with Crippen molar-refractivity contribution >= 4 is 5.91 Å². The van der Waals surface area contributed by atoms with Crippen LogP contribution in [0.25, 0.3) is 0 Å². The topological polar surface area (TPSA) is 54.0 Å². The van der Waals surface area contributed by atoms with Crippen molar-refractivity contribution < 1.29 is 4.79 Å². The number of pyridine rings is 1. The van der Waals surface area contributed by atoms with E-state index in [1.807, 2.05) is 12.3 Å². The van der Waals surface area contributed by atoms with Gasteiger partial charge in [-0.3, -0.25) is 9.78 Å². The molecule has 2 N–H and O–H groups in total. The normalized spacial score (nSPS) is 9.93. The molecule has 1 rings (SSSR count). The van der Waals surface area contributed by atoms with Crippen molar-refractivity contribution in [3.05, 3.63) is 30.1 Å². The Morgan fingerprint density at radius 2 is 2.27 bits per heavy atom. The van der Waals surface area contributed by atoms with E-state index in [-0.39, 0.29) is 5.91 Å². The summed E-state index contributed by atoms with van der Waals surface area (Å²) in [6.45, 7) is 3.92. The zero-order valence-electron chi connectivity index (χ0n) is 8.99. The molecule has 0 aliphatic rings. The van der Waals surface area contributed by atoms with Crippen LogP contribution in [0.5, 0.6) is 0 Å². The molecule has 1 aromatic heterocycles. The van der Waals surface area contributed by atoms with Gasteiger partial charge in [-0.25, -0.2) is 0 Å². The summed E-state index contributed by atoms with van der Waals surface area (Å²) in [6, 6.07) is 4.00. The second kappa shape index (κ2) is 6.95. The fraction of sp³-hybridized carbons (Fsp3) is 0.455. The van der Waals surface area contributed by atoms with Crippen LogP contribution in [0, 0.1) is 0 Å². The number of nitrogens with zero attached hydrogens (tertiary/aromatic N) is 1. The second-order valence-corrected chi connectivity index (χ2v) is 3.34. The Hall–Kier alpha value is -1.42. The average molecular weight is 207 g/mol. The molecule has 0 saturated carbocycles. The van der Waals surface area contributed by atoms with Crippen molar-refractivity contribution in [2.45, 2.75) is 13.3 Å². The molecule has 4 nitrogen and oxygen atoms in total. The molecule has 0 aliphatic heterocycles. The zero-order chi connectivity index (χ0) is 10.9. The fourth-order valence-corrected chi connectivity index (χ4v) is 1.23. The van der Waals surface area contributed by atoms with E-state index in [0.717, 1.165) is 19.5 Å². The van der Waals surface area contributed by atoms with E-state index in [4.69, 9.17) is 0 Å². The van der Waals surface area contributed by atoms with Gasteiger partial charge in [-0.15, -0.1) is 0 Å². The van der Waals surface area contributed by atoms with Gasteiger partial charge in [0, 0.05) is 32.4 Å². The van der Waals surface area contributed by atoms with Gasteiger partial charge in [-0.1, -0.05) is 6.07 Å². The van der Waals surface area contributed by atoms with Crippen molar-refractivity contribution in [2.24, 2.45) is 0 Å². The van der Waals surface area contributed by atoms with Crippen LogP contribution in [-0.2, 0) is 11.2 Å². The van der Waals surface area contributed by atoms with Gasteiger partial charge in [0.2, 0.25) is 5.91 Å². The molecule has 0 aliphatic carbocycles. The summed E-state index contributed by atoms with van der Waals surface area (Å²) in [5.74, 6) is 0.0176. The Labute approximate surface area is 90.1 Å². The summed E-state index contributed by atoms with van der Waals surface area (Å²) in [4.78, 5) is 14.6. The van der Waals surface area contributed by atoms with Crippen molar-refractivity contribution in [1.29, 1.82) is 0 Å². The molecule has 0 aromatic carbocycles. The first kappa shape index (κ1) is 11.7. The van der Waals surface area contributed by atoms with Crippen LogP contribution in [0.4, 0.5) is 0 Å². The predicted octanol–water partition coefficient (Wildman–Crippen LogP) is 0.350. The summed E-state index contributed by atoms with van der Waals surface area (Å²) < 4.78 is 0. The monoisotopic (exact) mass is 207 g/mol. The Morgan fingerprint density at radius 1 is 1.40 bits per heavy atom. The molecular weight excluding hydrogens is 190 g/mol. The summed E-state index contributed by atoms with van der Waals surface area (Å²) in [5.41, 5.74) is 1.23. The highest BCUT2D eigenvalue weighted by Gasteiger charge is 1.92. The van der Waals surface area contributed by atoms with Crippen LogP contribution in [0.15, 0.2) is 24.5 Å². The lowest BCUT2D eigenvalue weighted by Gasteiger charge is -2.04. The molecule has 1 amide bonds. The van der Waals surface area contributed by atoms with Crippen LogP contribution in [0.1, 0.15) is 12.5 Å². The minimum absolute atomic E-state index is 0.0176. The van der Waals surface area contributed by atoms with Gasteiger partial charge < -0.3 is 10.6 Å². The number of carbonyl (C=O) groups is 1. The first-order valence-corrected chi connectivity index (χ1v) is 5.13. The van der Waals surface area contributed by atoms with E-state index in [0.29, 0.717) is 6.54 Å². The molecule has 0 atom stereocenters. The summed E-state index contributed by atoms with van der Waals surface area (Å²) in [7, 11) is 0. The number of hydrogen-bond donors (Lipinski definition) is 2. The first-order chi connectivity index (χ1) is 7.29. The molecule has 1 heterocycles. The molecule has 82 valence electrons. The van der Waals surface area contributed by atoms with Crippen molar-refractivity contribution in [3.8, 4) is 0 Å². The maximum atomic E-state index is 10.6. The Morgan fingerprint density at radius 3 is 2.93 bits per heavy atom. The van der Waals surface area contributed by atoms with E-state index < -0.39 is 0 Å². The Kier molecular flexibility index (Phi) is 5.40. The molecule has 0 spiro atoms. The molecular formula is C11H17N3O. The molecule has 0 bridgehead atoms. The first-order valence-electron chi connectivity index (χ1n) is 5.13. The number of carbonyl (C=O) groups excluding carboxylic acids is 1. The van der Waals surface area contributed by atoms with E-state index in [1.54, 1.807) is 6.20 Å². The number of hydrogen-bond acceptors (Lipinski definition) is 3. The highest BCUT2D eigenvalue weighted by Crippen LogP contribution is 1.94. The van der Waals surface area contributed by atoms with E-state index in [2.05, 4.69) is 21.7 Å². The average Bonchev–Trinajstić information content (AvgIpc) is 2.24. The van der Waals surface area contributed by atoms with E-state index in [1.165, 1.54) is 12.5 Å². The van der Waals surface area contributed by atoms with Gasteiger partial charge in [0.15, 0.2) is 0 Å². The molecule has 0 radical (unpaired) electrons. The smallest absolute Gasteiger partial charge is 0.216 e.